The molecule has 0 aliphatic rings. The second kappa shape index (κ2) is 12.4. The second-order valence-corrected chi connectivity index (χ2v) is 6.03. The first-order valence-electron chi connectivity index (χ1n) is 9.38. The van der Waals surface area contributed by atoms with Gasteiger partial charge < -0.3 is 18.9 Å². The summed E-state index contributed by atoms with van der Waals surface area (Å²) in [4.78, 5) is 23.7. The highest BCUT2D eigenvalue weighted by Crippen LogP contribution is 2.10. The molecule has 2 aromatic rings. The molecule has 150 valence electrons. The fourth-order valence-corrected chi connectivity index (χ4v) is 2.28. The third kappa shape index (κ3) is 8.58. The van der Waals surface area contributed by atoms with E-state index in [9.17, 15) is 9.59 Å². The quantitative estimate of drug-likeness (QED) is 0.517. The molecule has 0 amide bonds. The summed E-state index contributed by atoms with van der Waals surface area (Å²) in [5.74, 6) is 0.631. The molecular weight excluding hydrogens is 360 g/mol. The van der Waals surface area contributed by atoms with E-state index in [0.29, 0.717) is 17.9 Å². The zero-order valence-electron chi connectivity index (χ0n) is 16.0. The van der Waals surface area contributed by atoms with Gasteiger partial charge in [0.25, 0.3) is 0 Å². The van der Waals surface area contributed by atoms with E-state index in [4.69, 9.17) is 18.9 Å². The van der Waals surface area contributed by atoms with Crippen LogP contribution in [0.3, 0.4) is 0 Å². The summed E-state index contributed by atoms with van der Waals surface area (Å²) in [5, 5.41) is 0. The molecule has 0 aliphatic carbocycles. The molecule has 0 aromatic heterocycles. The highest BCUT2D eigenvalue weighted by molar-refractivity contribution is 5.70. The van der Waals surface area contributed by atoms with Gasteiger partial charge in [0.2, 0.25) is 0 Å². The average Bonchev–Trinajstić information content (AvgIpc) is 2.72. The molecule has 0 aliphatic heterocycles. The maximum absolute atomic E-state index is 11.9. The molecule has 2 aromatic carbocycles. The molecule has 0 radical (unpaired) electrons. The minimum Gasteiger partial charge on any atom is -0.493 e. The van der Waals surface area contributed by atoms with Crippen LogP contribution in [0.25, 0.3) is 0 Å². The Kier molecular flexibility index (Phi) is 9.41. The Morgan fingerprint density at radius 3 is 1.79 bits per heavy atom. The van der Waals surface area contributed by atoms with Crippen molar-refractivity contribution in [3.05, 3.63) is 60.7 Å². The van der Waals surface area contributed by atoms with Crippen molar-refractivity contribution in [3.63, 3.8) is 0 Å². The number of rotatable bonds is 12. The van der Waals surface area contributed by atoms with E-state index in [1.54, 1.807) is 0 Å². The Labute approximate surface area is 165 Å². The number of hydrogen-bond acceptors (Lipinski definition) is 6. The normalized spacial score (nSPS) is 11.3. The molecule has 1 atom stereocenters. The predicted octanol–water partition coefficient (Wildman–Crippen LogP) is 3.79. The second-order valence-electron chi connectivity index (χ2n) is 6.03. The Balaban J connectivity index is 1.58. The zero-order chi connectivity index (χ0) is 20.0. The summed E-state index contributed by atoms with van der Waals surface area (Å²) in [6.07, 6.45) is 0.344. The van der Waals surface area contributed by atoms with E-state index in [1.807, 2.05) is 67.6 Å². The van der Waals surface area contributed by atoms with Crippen LogP contribution in [0.4, 0.5) is 0 Å². The topological polar surface area (TPSA) is 71.1 Å². The molecule has 28 heavy (non-hydrogen) atoms. The van der Waals surface area contributed by atoms with Gasteiger partial charge in [-0.2, -0.15) is 0 Å². The number of para-hydroxylation sites is 2. The SMILES string of the molecule is CCC(COC(=O)CCOc1ccccc1)OC(=O)CCOc1ccccc1. The molecule has 0 saturated heterocycles. The number of carbonyl (C=O) groups is 2. The van der Waals surface area contributed by atoms with Gasteiger partial charge in [-0.3, -0.25) is 9.59 Å². The fourth-order valence-electron chi connectivity index (χ4n) is 2.28. The van der Waals surface area contributed by atoms with E-state index in [2.05, 4.69) is 0 Å². The van der Waals surface area contributed by atoms with Crippen molar-refractivity contribution in [3.8, 4) is 11.5 Å². The number of benzene rings is 2. The van der Waals surface area contributed by atoms with Crippen LogP contribution < -0.4 is 9.47 Å². The maximum Gasteiger partial charge on any atom is 0.309 e. The van der Waals surface area contributed by atoms with Crippen molar-refractivity contribution in [1.29, 1.82) is 0 Å². The fraction of sp³-hybridized carbons (Fsp3) is 0.364. The number of carbonyl (C=O) groups excluding carboxylic acids is 2. The summed E-state index contributed by atoms with van der Waals surface area (Å²) in [7, 11) is 0. The number of ether oxygens (including phenoxy) is 4. The van der Waals surface area contributed by atoms with Crippen molar-refractivity contribution >= 4 is 11.9 Å². The van der Waals surface area contributed by atoms with E-state index in [1.165, 1.54) is 0 Å². The van der Waals surface area contributed by atoms with Crippen molar-refractivity contribution < 1.29 is 28.5 Å². The van der Waals surface area contributed by atoms with Gasteiger partial charge in [0.15, 0.2) is 0 Å². The minimum atomic E-state index is -0.469. The molecule has 0 fully saturated rings. The van der Waals surface area contributed by atoms with Gasteiger partial charge in [0.05, 0.1) is 26.1 Å². The van der Waals surface area contributed by atoms with Gasteiger partial charge in [0, 0.05) is 0 Å². The predicted molar refractivity (Wildman–Crippen MR) is 104 cm³/mol. The Hall–Kier alpha value is -3.02. The molecule has 0 N–H and O–H groups in total. The van der Waals surface area contributed by atoms with E-state index < -0.39 is 12.1 Å². The Morgan fingerprint density at radius 1 is 0.786 bits per heavy atom. The van der Waals surface area contributed by atoms with E-state index in [-0.39, 0.29) is 38.6 Å². The lowest BCUT2D eigenvalue weighted by molar-refractivity contribution is -0.159. The number of esters is 2. The van der Waals surface area contributed by atoms with E-state index >= 15 is 0 Å². The van der Waals surface area contributed by atoms with Gasteiger partial charge in [-0.1, -0.05) is 43.3 Å². The molecule has 0 spiro atoms. The minimum absolute atomic E-state index is 0.0337. The highest BCUT2D eigenvalue weighted by atomic mass is 16.6. The third-order valence-corrected chi connectivity index (χ3v) is 3.82. The lowest BCUT2D eigenvalue weighted by Crippen LogP contribution is -2.25. The van der Waals surface area contributed by atoms with Crippen LogP contribution in [0.1, 0.15) is 26.2 Å². The lowest BCUT2D eigenvalue weighted by atomic mass is 10.3. The summed E-state index contributed by atoms with van der Waals surface area (Å²) < 4.78 is 21.4. The molecule has 0 heterocycles. The van der Waals surface area contributed by atoms with Crippen molar-refractivity contribution in [1.82, 2.24) is 0 Å². The van der Waals surface area contributed by atoms with Gasteiger partial charge in [0.1, 0.15) is 24.2 Å². The number of hydrogen-bond donors (Lipinski definition) is 0. The molecule has 1 unspecified atom stereocenters. The first-order chi connectivity index (χ1) is 13.7. The first-order valence-corrected chi connectivity index (χ1v) is 9.38. The third-order valence-electron chi connectivity index (χ3n) is 3.82. The summed E-state index contributed by atoms with van der Waals surface area (Å²) in [5.41, 5.74) is 0. The molecule has 6 nitrogen and oxygen atoms in total. The molecular formula is C22H26O6. The maximum atomic E-state index is 11.9. The summed E-state index contributed by atoms with van der Waals surface area (Å²) in [6, 6.07) is 18.5. The summed E-state index contributed by atoms with van der Waals surface area (Å²) >= 11 is 0. The first kappa shape index (κ1) is 21.3. The van der Waals surface area contributed by atoms with Crippen LogP contribution in [0.15, 0.2) is 60.7 Å². The van der Waals surface area contributed by atoms with Gasteiger partial charge in [-0.15, -0.1) is 0 Å². The van der Waals surface area contributed by atoms with Crippen molar-refractivity contribution in [2.45, 2.75) is 32.3 Å². The average molecular weight is 386 g/mol. The Bertz CT molecular complexity index is 701. The van der Waals surface area contributed by atoms with Crippen LogP contribution in [-0.2, 0) is 19.1 Å². The van der Waals surface area contributed by atoms with Crippen molar-refractivity contribution in [2.24, 2.45) is 0 Å². The largest absolute Gasteiger partial charge is 0.493 e. The molecule has 2 rings (SSSR count). The van der Waals surface area contributed by atoms with Crippen LogP contribution >= 0.6 is 0 Å². The van der Waals surface area contributed by atoms with E-state index in [0.717, 1.165) is 0 Å². The molecule has 0 saturated carbocycles. The van der Waals surface area contributed by atoms with Crippen molar-refractivity contribution in [2.75, 3.05) is 19.8 Å². The standard InChI is InChI=1S/C22H26O6/c1-2-18(28-22(24)14-16-26-20-11-7-4-8-12-20)17-27-21(23)13-15-25-19-9-5-3-6-10-19/h3-12,18H,2,13-17H2,1H3. The van der Waals surface area contributed by atoms with Crippen LogP contribution in [-0.4, -0.2) is 37.9 Å². The van der Waals surface area contributed by atoms with Gasteiger partial charge in [-0.25, -0.2) is 0 Å². The summed E-state index contributed by atoms with van der Waals surface area (Å²) in [6.45, 7) is 2.36. The smallest absolute Gasteiger partial charge is 0.309 e. The molecule has 0 bridgehead atoms. The molecule has 6 heteroatoms. The van der Waals surface area contributed by atoms with Crippen LogP contribution in [0.5, 0.6) is 11.5 Å². The van der Waals surface area contributed by atoms with Crippen LogP contribution in [0, 0.1) is 0 Å². The van der Waals surface area contributed by atoms with Gasteiger partial charge >= 0.3 is 11.9 Å². The zero-order valence-corrected chi connectivity index (χ0v) is 16.0. The lowest BCUT2D eigenvalue weighted by Gasteiger charge is -2.16. The highest BCUT2D eigenvalue weighted by Gasteiger charge is 2.15. The van der Waals surface area contributed by atoms with Crippen LogP contribution in [0.2, 0.25) is 0 Å². The monoisotopic (exact) mass is 386 g/mol. The van der Waals surface area contributed by atoms with Gasteiger partial charge in [-0.05, 0) is 30.7 Å². The Morgan fingerprint density at radius 2 is 1.29 bits per heavy atom.